The zero-order valence-corrected chi connectivity index (χ0v) is 14.4. The highest BCUT2D eigenvalue weighted by atomic mass is 35.5. The van der Waals surface area contributed by atoms with Crippen molar-refractivity contribution in [3.05, 3.63) is 34.9 Å². The topological polar surface area (TPSA) is 64.6 Å². The molecule has 0 spiro atoms. The Bertz CT molecular complexity index is 489. The molecule has 2 unspecified atom stereocenters. The normalized spacial score (nSPS) is 17.7. The van der Waals surface area contributed by atoms with E-state index in [1.807, 2.05) is 0 Å². The molecule has 0 aliphatic carbocycles. The van der Waals surface area contributed by atoms with Gasteiger partial charge in [0.05, 0.1) is 12.6 Å². The van der Waals surface area contributed by atoms with Crippen molar-refractivity contribution < 1.29 is 9.90 Å². The van der Waals surface area contributed by atoms with Crippen molar-refractivity contribution in [1.29, 1.82) is 0 Å². The lowest BCUT2D eigenvalue weighted by Gasteiger charge is -2.22. The Morgan fingerprint density at radius 1 is 1.30 bits per heavy atom. The van der Waals surface area contributed by atoms with E-state index >= 15 is 0 Å². The maximum atomic E-state index is 12.0. The summed E-state index contributed by atoms with van der Waals surface area (Å²) in [5, 5.41) is 15.8. The van der Waals surface area contributed by atoms with Crippen LogP contribution in [0.2, 0.25) is 5.02 Å². The van der Waals surface area contributed by atoms with Crippen LogP contribution in [0.3, 0.4) is 0 Å². The molecule has 1 aliphatic rings. The van der Waals surface area contributed by atoms with Gasteiger partial charge in [-0.1, -0.05) is 30.7 Å². The average Bonchev–Trinajstić information content (AvgIpc) is 3.04. The lowest BCUT2D eigenvalue weighted by molar-refractivity contribution is 0.213. The Morgan fingerprint density at radius 3 is 2.57 bits per heavy atom. The number of nitrogens with one attached hydrogen (secondary N) is 2. The van der Waals surface area contributed by atoms with E-state index in [2.05, 4.69) is 22.5 Å². The second kappa shape index (κ2) is 9.11. The molecule has 6 heteroatoms. The van der Waals surface area contributed by atoms with Crippen molar-refractivity contribution in [1.82, 2.24) is 15.5 Å². The van der Waals surface area contributed by atoms with Crippen molar-refractivity contribution in [2.75, 3.05) is 32.8 Å². The largest absolute Gasteiger partial charge is 0.394 e. The van der Waals surface area contributed by atoms with Crippen LogP contribution in [0, 0.1) is 5.92 Å². The number of aliphatic hydroxyl groups is 1. The Kier molecular flexibility index (Phi) is 7.15. The summed E-state index contributed by atoms with van der Waals surface area (Å²) < 4.78 is 0. The first kappa shape index (κ1) is 18.0. The summed E-state index contributed by atoms with van der Waals surface area (Å²) >= 11 is 5.85. The summed E-state index contributed by atoms with van der Waals surface area (Å²) in [6, 6.07) is 6.42. The van der Waals surface area contributed by atoms with Crippen LogP contribution in [-0.2, 0) is 0 Å². The van der Waals surface area contributed by atoms with E-state index in [9.17, 15) is 9.90 Å². The first-order valence-electron chi connectivity index (χ1n) is 8.21. The maximum absolute atomic E-state index is 12.0. The number of likely N-dealkylation sites (tertiary alicyclic amines) is 1. The van der Waals surface area contributed by atoms with Gasteiger partial charge in [-0.3, -0.25) is 0 Å². The summed E-state index contributed by atoms with van der Waals surface area (Å²) in [5.74, 6) is 0.405. The second-order valence-electron chi connectivity index (χ2n) is 6.25. The number of carbonyl (C=O) groups is 1. The fourth-order valence-electron chi connectivity index (χ4n) is 2.88. The number of urea groups is 1. The van der Waals surface area contributed by atoms with Gasteiger partial charge in [0.15, 0.2) is 0 Å². The van der Waals surface area contributed by atoms with Gasteiger partial charge in [0, 0.05) is 18.1 Å². The Morgan fingerprint density at radius 2 is 1.96 bits per heavy atom. The minimum absolute atomic E-state index is 0.154. The summed E-state index contributed by atoms with van der Waals surface area (Å²) in [6.07, 6.45) is 2.56. The fourth-order valence-corrected chi connectivity index (χ4v) is 3.00. The molecule has 1 saturated heterocycles. The summed E-state index contributed by atoms with van der Waals surface area (Å²) in [4.78, 5) is 14.5. The van der Waals surface area contributed by atoms with Gasteiger partial charge in [-0.15, -0.1) is 0 Å². The summed E-state index contributed by atoms with van der Waals surface area (Å²) in [7, 11) is 0. The molecule has 0 radical (unpaired) electrons. The van der Waals surface area contributed by atoms with Crippen LogP contribution in [0.1, 0.15) is 31.4 Å². The summed E-state index contributed by atoms with van der Waals surface area (Å²) in [6.45, 7) is 5.96. The fraction of sp³-hybridized carbons (Fsp3) is 0.588. The van der Waals surface area contributed by atoms with E-state index in [1.165, 1.54) is 25.9 Å². The number of nitrogens with zero attached hydrogens (tertiary/aromatic N) is 1. The van der Waals surface area contributed by atoms with Crippen molar-refractivity contribution >= 4 is 17.6 Å². The molecule has 2 rings (SSSR count). The standard InChI is InChI=1S/C17H26ClN3O2/c1-13(11-21-8-2-3-9-21)10-19-17(23)20-16(12-22)14-4-6-15(18)7-5-14/h4-7,13,16,22H,2-3,8-12H2,1H3,(H2,19,20,23). The van der Waals surface area contributed by atoms with Gasteiger partial charge in [0.25, 0.3) is 0 Å². The van der Waals surface area contributed by atoms with Crippen molar-refractivity contribution in [3.8, 4) is 0 Å². The quantitative estimate of drug-likeness (QED) is 0.714. The molecule has 0 saturated carbocycles. The van der Waals surface area contributed by atoms with Gasteiger partial charge >= 0.3 is 6.03 Å². The van der Waals surface area contributed by atoms with E-state index in [-0.39, 0.29) is 12.6 Å². The predicted octanol–water partition coefficient (Wildman–Crippen LogP) is 2.40. The molecule has 1 heterocycles. The van der Waals surface area contributed by atoms with Crippen LogP contribution < -0.4 is 10.6 Å². The number of hydrogen-bond donors (Lipinski definition) is 3. The molecule has 23 heavy (non-hydrogen) atoms. The number of hydrogen-bond acceptors (Lipinski definition) is 3. The highest BCUT2D eigenvalue weighted by molar-refractivity contribution is 6.30. The molecule has 5 nitrogen and oxygen atoms in total. The number of aliphatic hydroxyl groups excluding tert-OH is 1. The van der Waals surface area contributed by atoms with E-state index < -0.39 is 6.04 Å². The number of amides is 2. The molecule has 1 aromatic rings. The molecule has 0 aromatic heterocycles. The van der Waals surface area contributed by atoms with Gasteiger partial charge in [0.1, 0.15) is 0 Å². The van der Waals surface area contributed by atoms with Crippen molar-refractivity contribution in [2.45, 2.75) is 25.8 Å². The van der Waals surface area contributed by atoms with Gasteiger partial charge in [-0.2, -0.15) is 0 Å². The van der Waals surface area contributed by atoms with Crippen LogP contribution in [-0.4, -0.2) is 48.8 Å². The molecular weight excluding hydrogens is 314 g/mol. The smallest absolute Gasteiger partial charge is 0.315 e. The molecule has 1 fully saturated rings. The van der Waals surface area contributed by atoms with Crippen molar-refractivity contribution in [2.24, 2.45) is 5.92 Å². The molecule has 1 aliphatic heterocycles. The van der Waals surface area contributed by atoms with Gasteiger partial charge < -0.3 is 20.6 Å². The summed E-state index contributed by atoms with van der Waals surface area (Å²) in [5.41, 5.74) is 0.831. The van der Waals surface area contributed by atoms with Gasteiger partial charge in [0.2, 0.25) is 0 Å². The highest BCUT2D eigenvalue weighted by Gasteiger charge is 2.17. The monoisotopic (exact) mass is 339 g/mol. The minimum atomic E-state index is -0.429. The average molecular weight is 340 g/mol. The molecule has 1 aromatic carbocycles. The van der Waals surface area contributed by atoms with E-state index in [0.717, 1.165) is 12.1 Å². The Labute approximate surface area is 143 Å². The van der Waals surface area contributed by atoms with Crippen LogP contribution in [0.15, 0.2) is 24.3 Å². The lowest BCUT2D eigenvalue weighted by atomic mass is 10.1. The predicted molar refractivity (Wildman–Crippen MR) is 92.7 cm³/mol. The Hall–Kier alpha value is -1.30. The maximum Gasteiger partial charge on any atom is 0.315 e. The minimum Gasteiger partial charge on any atom is -0.394 e. The molecule has 128 valence electrons. The highest BCUT2D eigenvalue weighted by Crippen LogP contribution is 2.16. The zero-order valence-electron chi connectivity index (χ0n) is 13.6. The van der Waals surface area contributed by atoms with Gasteiger partial charge in [-0.05, 0) is 49.5 Å². The lowest BCUT2D eigenvalue weighted by Crippen LogP contribution is -2.42. The third-order valence-corrected chi connectivity index (χ3v) is 4.39. The third-order valence-electron chi connectivity index (χ3n) is 4.14. The third kappa shape index (κ3) is 6.01. The first-order valence-corrected chi connectivity index (χ1v) is 8.59. The zero-order chi connectivity index (χ0) is 16.7. The second-order valence-corrected chi connectivity index (χ2v) is 6.69. The van der Waals surface area contributed by atoms with Crippen LogP contribution in [0.4, 0.5) is 4.79 Å². The number of halogens is 1. The number of carbonyl (C=O) groups excluding carboxylic acids is 1. The number of rotatable bonds is 7. The SMILES string of the molecule is CC(CNC(=O)NC(CO)c1ccc(Cl)cc1)CN1CCCC1. The molecule has 3 N–H and O–H groups in total. The first-order chi connectivity index (χ1) is 11.1. The Balaban J connectivity index is 1.74. The molecule has 0 bridgehead atoms. The van der Waals surface area contributed by atoms with Crippen molar-refractivity contribution in [3.63, 3.8) is 0 Å². The van der Waals surface area contributed by atoms with E-state index in [4.69, 9.17) is 11.6 Å². The van der Waals surface area contributed by atoms with Gasteiger partial charge in [-0.25, -0.2) is 4.79 Å². The molecule has 2 atom stereocenters. The molecule has 2 amide bonds. The van der Waals surface area contributed by atoms with Crippen LogP contribution >= 0.6 is 11.6 Å². The van der Waals surface area contributed by atoms with Crippen LogP contribution in [0.5, 0.6) is 0 Å². The molecular formula is C17H26ClN3O2. The van der Waals surface area contributed by atoms with E-state index in [0.29, 0.717) is 17.5 Å². The number of benzene rings is 1. The van der Waals surface area contributed by atoms with Crippen LogP contribution in [0.25, 0.3) is 0 Å². The van der Waals surface area contributed by atoms with E-state index in [1.54, 1.807) is 24.3 Å².